The molecule has 17 heavy (non-hydrogen) atoms. The quantitative estimate of drug-likeness (QED) is 0.791. The van der Waals surface area contributed by atoms with E-state index in [0.717, 1.165) is 19.6 Å². The number of hydrogen-bond donors (Lipinski definition) is 1. The minimum atomic E-state index is 0.202. The van der Waals surface area contributed by atoms with Crippen molar-refractivity contribution in [3.63, 3.8) is 0 Å². The van der Waals surface area contributed by atoms with Gasteiger partial charge in [-0.3, -0.25) is 4.79 Å². The number of carbonyl (C=O) groups excluding carboxylic acids is 1. The molecule has 3 nitrogen and oxygen atoms in total. The molecule has 0 unspecified atom stereocenters. The van der Waals surface area contributed by atoms with Crippen LogP contribution in [0.25, 0.3) is 0 Å². The van der Waals surface area contributed by atoms with Gasteiger partial charge in [-0.1, -0.05) is 30.3 Å². The zero-order valence-corrected chi connectivity index (χ0v) is 10.1. The monoisotopic (exact) mass is 230 g/mol. The minimum absolute atomic E-state index is 0.202. The molecule has 2 heterocycles. The van der Waals surface area contributed by atoms with E-state index < -0.39 is 0 Å². The van der Waals surface area contributed by atoms with Gasteiger partial charge in [0.1, 0.15) is 0 Å². The van der Waals surface area contributed by atoms with Crippen LogP contribution < -0.4 is 5.32 Å². The second kappa shape index (κ2) is 4.15. The van der Waals surface area contributed by atoms with Gasteiger partial charge in [-0.15, -0.1) is 0 Å². The lowest BCUT2D eigenvalue weighted by molar-refractivity contribution is -0.130. The molecule has 1 N–H and O–H groups in total. The molecular formula is C14H18N2O. The Bertz CT molecular complexity index is 417. The van der Waals surface area contributed by atoms with Crippen LogP contribution in [-0.4, -0.2) is 30.4 Å². The second-order valence-electron chi connectivity index (χ2n) is 5.11. The molecule has 0 aliphatic carbocycles. The van der Waals surface area contributed by atoms with Crippen molar-refractivity contribution in [1.29, 1.82) is 0 Å². The van der Waals surface area contributed by atoms with Crippen LogP contribution in [0, 0.1) is 11.8 Å². The van der Waals surface area contributed by atoms with Gasteiger partial charge in [0.2, 0.25) is 5.91 Å². The number of nitrogens with zero attached hydrogens (tertiary/aromatic N) is 1. The Labute approximate surface area is 102 Å². The van der Waals surface area contributed by atoms with E-state index in [1.807, 2.05) is 11.0 Å². The fraction of sp³-hybridized carbons (Fsp3) is 0.500. The van der Waals surface area contributed by atoms with Gasteiger partial charge >= 0.3 is 0 Å². The van der Waals surface area contributed by atoms with Crippen molar-refractivity contribution in [2.75, 3.05) is 19.6 Å². The van der Waals surface area contributed by atoms with E-state index >= 15 is 0 Å². The number of benzene rings is 1. The van der Waals surface area contributed by atoms with Crippen LogP contribution in [0.15, 0.2) is 30.3 Å². The van der Waals surface area contributed by atoms with Crippen LogP contribution in [0.4, 0.5) is 0 Å². The summed E-state index contributed by atoms with van der Waals surface area (Å²) < 4.78 is 0. The lowest BCUT2D eigenvalue weighted by Gasteiger charge is -2.27. The molecule has 3 heteroatoms. The predicted molar refractivity (Wildman–Crippen MR) is 66.4 cm³/mol. The number of rotatable bonds is 1. The molecule has 0 bridgehead atoms. The van der Waals surface area contributed by atoms with Gasteiger partial charge in [0.25, 0.3) is 0 Å². The van der Waals surface area contributed by atoms with Crippen LogP contribution in [-0.2, 0) is 4.79 Å². The van der Waals surface area contributed by atoms with E-state index in [2.05, 4.69) is 29.6 Å². The summed E-state index contributed by atoms with van der Waals surface area (Å²) in [7, 11) is 0. The maximum Gasteiger partial charge on any atom is 0.219 e. The maximum atomic E-state index is 11.8. The Morgan fingerprint density at radius 2 is 2.06 bits per heavy atom. The highest BCUT2D eigenvalue weighted by Gasteiger charge is 2.45. The molecule has 2 aliphatic rings. The van der Waals surface area contributed by atoms with Gasteiger partial charge in [0, 0.05) is 32.5 Å². The molecule has 1 aromatic rings. The maximum absolute atomic E-state index is 11.8. The molecule has 0 spiro atoms. The third-order valence-corrected chi connectivity index (χ3v) is 4.11. The van der Waals surface area contributed by atoms with E-state index in [9.17, 15) is 4.79 Å². The molecule has 3 atom stereocenters. The average Bonchev–Trinajstić information content (AvgIpc) is 2.89. The highest BCUT2D eigenvalue weighted by molar-refractivity contribution is 5.74. The smallest absolute Gasteiger partial charge is 0.219 e. The normalized spacial score (nSPS) is 31.6. The van der Waals surface area contributed by atoms with Gasteiger partial charge in [-0.25, -0.2) is 0 Å². The number of hydrogen-bond acceptors (Lipinski definition) is 2. The summed E-state index contributed by atoms with van der Waals surface area (Å²) in [5, 5.41) is 3.45. The second-order valence-corrected chi connectivity index (χ2v) is 5.11. The van der Waals surface area contributed by atoms with E-state index in [0.29, 0.717) is 11.8 Å². The summed E-state index contributed by atoms with van der Waals surface area (Å²) in [5.74, 6) is 1.42. The average molecular weight is 230 g/mol. The molecule has 2 fully saturated rings. The zero-order chi connectivity index (χ0) is 11.8. The first-order valence-electron chi connectivity index (χ1n) is 6.30. The first kappa shape index (κ1) is 10.8. The predicted octanol–water partition coefficient (Wildman–Crippen LogP) is 1.43. The highest BCUT2D eigenvalue weighted by Crippen LogP contribution is 2.42. The van der Waals surface area contributed by atoms with Crippen molar-refractivity contribution in [3.8, 4) is 0 Å². The van der Waals surface area contributed by atoms with Crippen molar-refractivity contribution in [1.82, 2.24) is 10.2 Å². The Kier molecular flexibility index (Phi) is 2.63. The van der Waals surface area contributed by atoms with Crippen molar-refractivity contribution >= 4 is 5.91 Å². The molecule has 2 aliphatic heterocycles. The topological polar surface area (TPSA) is 32.3 Å². The first-order chi connectivity index (χ1) is 8.27. The SMILES string of the molecule is CC(=O)N1C[C@H]2CNC[C@H]2[C@H]1c1ccccc1. The standard InChI is InChI=1S/C14H18N2O/c1-10(17)16-9-12-7-15-8-13(12)14(16)11-5-3-2-4-6-11/h2-6,12-15H,7-9H2,1H3/t12-,13-,14-/m1/s1. The van der Waals surface area contributed by atoms with Crippen LogP contribution in [0.3, 0.4) is 0 Å². The number of nitrogens with one attached hydrogen (secondary N) is 1. The van der Waals surface area contributed by atoms with Gasteiger partial charge < -0.3 is 10.2 Å². The number of likely N-dealkylation sites (tertiary alicyclic amines) is 1. The first-order valence-corrected chi connectivity index (χ1v) is 6.30. The van der Waals surface area contributed by atoms with Crippen molar-refractivity contribution in [2.45, 2.75) is 13.0 Å². The molecule has 2 saturated heterocycles. The fourth-order valence-corrected chi connectivity index (χ4v) is 3.32. The Hall–Kier alpha value is -1.35. The molecule has 0 radical (unpaired) electrons. The molecule has 1 amide bonds. The Morgan fingerprint density at radius 1 is 1.29 bits per heavy atom. The van der Waals surface area contributed by atoms with Gasteiger partial charge in [-0.2, -0.15) is 0 Å². The largest absolute Gasteiger partial charge is 0.335 e. The van der Waals surface area contributed by atoms with E-state index in [1.54, 1.807) is 6.92 Å². The zero-order valence-electron chi connectivity index (χ0n) is 10.1. The molecule has 90 valence electrons. The van der Waals surface area contributed by atoms with Gasteiger partial charge in [-0.05, 0) is 11.5 Å². The van der Waals surface area contributed by atoms with Crippen molar-refractivity contribution < 1.29 is 4.79 Å². The highest BCUT2D eigenvalue weighted by atomic mass is 16.2. The number of fused-ring (bicyclic) bond motifs is 1. The molecule has 0 aromatic heterocycles. The summed E-state index contributed by atoms with van der Waals surface area (Å²) in [6, 6.07) is 10.7. The summed E-state index contributed by atoms with van der Waals surface area (Å²) >= 11 is 0. The van der Waals surface area contributed by atoms with Gasteiger partial charge in [0.15, 0.2) is 0 Å². The minimum Gasteiger partial charge on any atom is -0.335 e. The van der Waals surface area contributed by atoms with E-state index in [1.165, 1.54) is 5.56 Å². The summed E-state index contributed by atoms with van der Waals surface area (Å²) in [4.78, 5) is 13.8. The fourth-order valence-electron chi connectivity index (χ4n) is 3.32. The Balaban J connectivity index is 1.95. The summed E-state index contributed by atoms with van der Waals surface area (Å²) in [6.07, 6.45) is 0. The van der Waals surface area contributed by atoms with Crippen LogP contribution in [0.1, 0.15) is 18.5 Å². The third kappa shape index (κ3) is 1.75. The lowest BCUT2D eigenvalue weighted by atomic mass is 9.89. The van der Waals surface area contributed by atoms with E-state index in [-0.39, 0.29) is 11.9 Å². The van der Waals surface area contributed by atoms with Crippen molar-refractivity contribution in [2.24, 2.45) is 11.8 Å². The van der Waals surface area contributed by atoms with Crippen molar-refractivity contribution in [3.05, 3.63) is 35.9 Å². The van der Waals surface area contributed by atoms with Crippen LogP contribution >= 0.6 is 0 Å². The summed E-state index contributed by atoms with van der Waals surface area (Å²) in [6.45, 7) is 4.68. The van der Waals surface area contributed by atoms with E-state index in [4.69, 9.17) is 0 Å². The molecule has 3 rings (SSSR count). The Morgan fingerprint density at radius 3 is 2.76 bits per heavy atom. The molecule has 0 saturated carbocycles. The van der Waals surface area contributed by atoms with Crippen LogP contribution in [0.2, 0.25) is 0 Å². The third-order valence-electron chi connectivity index (χ3n) is 4.11. The lowest BCUT2D eigenvalue weighted by Crippen LogP contribution is -2.32. The number of carbonyl (C=O) groups is 1. The summed E-state index contributed by atoms with van der Waals surface area (Å²) in [5.41, 5.74) is 1.28. The number of amides is 1. The molecule has 1 aromatic carbocycles. The molecular weight excluding hydrogens is 212 g/mol. The van der Waals surface area contributed by atoms with Gasteiger partial charge in [0.05, 0.1) is 6.04 Å². The van der Waals surface area contributed by atoms with Crippen LogP contribution in [0.5, 0.6) is 0 Å².